The zero-order valence-electron chi connectivity index (χ0n) is 26.2. The van der Waals surface area contributed by atoms with Gasteiger partial charge < -0.3 is 33.6 Å². The van der Waals surface area contributed by atoms with Crippen molar-refractivity contribution in [1.29, 1.82) is 0 Å². The van der Waals surface area contributed by atoms with Crippen LogP contribution in [-0.4, -0.2) is 90.6 Å². The van der Waals surface area contributed by atoms with E-state index in [1.807, 2.05) is 19.9 Å². The van der Waals surface area contributed by atoms with Crippen LogP contribution >= 0.6 is 11.8 Å². The molecule has 1 N–H and O–H groups in total. The van der Waals surface area contributed by atoms with E-state index < -0.39 is 23.2 Å². The Morgan fingerprint density at radius 2 is 1.91 bits per heavy atom. The summed E-state index contributed by atoms with van der Waals surface area (Å²) in [6.45, 7) is 11.8. The topological polar surface area (TPSA) is 124 Å². The molecule has 4 aliphatic heterocycles. The fraction of sp³-hybridized carbons (Fsp3) is 0.545. The number of methoxy groups -OCH3 is 1. The smallest absolute Gasteiger partial charge is 0.308 e. The van der Waals surface area contributed by atoms with Gasteiger partial charge in [0.15, 0.2) is 17.3 Å². The first-order valence-corrected chi connectivity index (χ1v) is 16.3. The summed E-state index contributed by atoms with van der Waals surface area (Å²) in [4.78, 5) is 41.5. The highest BCUT2D eigenvalue weighted by atomic mass is 32.2. The van der Waals surface area contributed by atoms with Gasteiger partial charge in [-0.2, -0.15) is 0 Å². The molecule has 2 fully saturated rings. The van der Waals surface area contributed by atoms with E-state index in [2.05, 4.69) is 22.5 Å². The van der Waals surface area contributed by atoms with Gasteiger partial charge in [-0.3, -0.25) is 19.4 Å². The highest BCUT2D eigenvalue weighted by Crippen LogP contribution is 2.61. The fourth-order valence-electron chi connectivity index (χ4n) is 8.34. The first-order chi connectivity index (χ1) is 21.6. The van der Waals surface area contributed by atoms with Crippen molar-refractivity contribution in [2.45, 2.75) is 63.5 Å². The number of thioether (sulfide) groups is 1. The molecule has 0 amide bonds. The highest BCUT2D eigenvalue weighted by Gasteiger charge is 2.60. The molecule has 0 radical (unpaired) electrons. The van der Waals surface area contributed by atoms with Crippen LogP contribution in [0.25, 0.3) is 0 Å². The number of nitrogens with zero attached hydrogens (tertiary/aromatic N) is 2. The maximum atomic E-state index is 12.6. The Balaban J connectivity index is 1.63. The third-order valence-corrected chi connectivity index (χ3v) is 10.9. The Bertz CT molecular complexity index is 1490. The number of hydrogen-bond donors (Lipinski definition) is 1. The number of allylic oxidation sites excluding steroid dienone is 2. The van der Waals surface area contributed by atoms with Gasteiger partial charge in [0.1, 0.15) is 24.4 Å². The number of carbonyl (C=O) groups excluding carboxylic acids is 3. The zero-order valence-corrected chi connectivity index (χ0v) is 27.1. The van der Waals surface area contributed by atoms with E-state index in [0.717, 1.165) is 23.8 Å². The molecule has 0 aromatic heterocycles. The molecule has 6 rings (SSSR count). The van der Waals surface area contributed by atoms with E-state index in [0.29, 0.717) is 47.2 Å². The van der Waals surface area contributed by atoms with Crippen molar-refractivity contribution in [3.63, 3.8) is 0 Å². The number of piperazine rings is 1. The SMILES string of the molecule is C=CCN1C2CC3C=C(C)C(OC)=C(O)C3C1C1[C@H](SCC=O)c3c(OC(C)=O)c(C)c4c(c3C(COC(C)=O)N1C2)OCO4. The molecule has 5 aliphatic rings. The van der Waals surface area contributed by atoms with Crippen molar-refractivity contribution in [3.8, 4) is 17.2 Å². The van der Waals surface area contributed by atoms with E-state index in [1.165, 1.54) is 25.6 Å². The minimum absolute atomic E-state index is 0.00569. The second-order valence-electron chi connectivity index (χ2n) is 12.2. The average Bonchev–Trinajstić information content (AvgIpc) is 3.47. The first-order valence-electron chi connectivity index (χ1n) is 15.2. The van der Waals surface area contributed by atoms with E-state index in [-0.39, 0.29) is 54.9 Å². The van der Waals surface area contributed by atoms with Gasteiger partial charge >= 0.3 is 11.9 Å². The van der Waals surface area contributed by atoms with Crippen LogP contribution < -0.4 is 14.2 Å². The van der Waals surface area contributed by atoms with Gasteiger partial charge in [-0.15, -0.1) is 18.3 Å². The van der Waals surface area contributed by atoms with Gasteiger partial charge in [-0.1, -0.05) is 12.2 Å². The van der Waals surface area contributed by atoms with Crippen molar-refractivity contribution in [1.82, 2.24) is 9.80 Å². The van der Waals surface area contributed by atoms with Gasteiger partial charge in [0.25, 0.3) is 0 Å². The summed E-state index contributed by atoms with van der Waals surface area (Å²) in [6.07, 6.45) is 5.75. The number of esters is 2. The predicted octanol–water partition coefficient (Wildman–Crippen LogP) is 4.16. The standard InChI is InChI=1S/C33H40N2O9S/c1-7-8-34-21-12-20-11-16(2)29(40-6)28(39)23(20)26(34)27-33(45-10-9-36)25-24(22(35(27)13-21)14-41-18(4)37)32-31(42-15-43-32)17(3)30(25)44-19(5)38/h7,9,11,20-23,26-27,33,39H,1,8,10,12-15H2,2-6H3/t20?,21?,22?,23?,26?,27?,33-/m1/s1. The molecule has 45 heavy (non-hydrogen) atoms. The van der Waals surface area contributed by atoms with Crippen LogP contribution in [0.3, 0.4) is 0 Å². The predicted molar refractivity (Wildman–Crippen MR) is 166 cm³/mol. The highest BCUT2D eigenvalue weighted by molar-refractivity contribution is 8.00. The number of carbonyl (C=O) groups is 3. The van der Waals surface area contributed by atoms with Gasteiger partial charge in [-0.05, 0) is 31.8 Å². The Kier molecular flexibility index (Phi) is 8.66. The van der Waals surface area contributed by atoms with Crippen molar-refractivity contribution in [3.05, 3.63) is 52.5 Å². The average molecular weight is 641 g/mol. The van der Waals surface area contributed by atoms with Crippen LogP contribution in [0.2, 0.25) is 0 Å². The Hall–Kier alpha value is -3.48. The number of rotatable bonds is 9. The normalized spacial score (nSPS) is 30.0. The van der Waals surface area contributed by atoms with Crippen molar-refractivity contribution >= 4 is 30.0 Å². The van der Waals surface area contributed by atoms with Gasteiger partial charge in [0, 0.05) is 73.4 Å². The monoisotopic (exact) mass is 640 g/mol. The molecule has 1 aliphatic carbocycles. The second kappa shape index (κ2) is 12.4. The largest absolute Gasteiger partial charge is 0.508 e. The summed E-state index contributed by atoms with van der Waals surface area (Å²) in [5.74, 6) is 1.04. The van der Waals surface area contributed by atoms with Crippen molar-refractivity contribution in [2.75, 3.05) is 39.4 Å². The van der Waals surface area contributed by atoms with Crippen LogP contribution in [0.15, 0.2) is 35.8 Å². The fourth-order valence-corrected chi connectivity index (χ4v) is 9.54. The van der Waals surface area contributed by atoms with Crippen LogP contribution in [0.4, 0.5) is 0 Å². The molecule has 1 aromatic carbocycles. The Labute approximate surface area is 267 Å². The number of fused-ring (bicyclic) bond motifs is 9. The van der Waals surface area contributed by atoms with Crippen LogP contribution in [0.1, 0.15) is 55.2 Å². The lowest BCUT2D eigenvalue weighted by Crippen LogP contribution is -2.72. The Morgan fingerprint density at radius 1 is 1.16 bits per heavy atom. The molecule has 12 heteroatoms. The number of hydrogen-bond acceptors (Lipinski definition) is 12. The maximum Gasteiger partial charge on any atom is 0.308 e. The minimum atomic E-state index is -0.495. The summed E-state index contributed by atoms with van der Waals surface area (Å²) >= 11 is 1.46. The van der Waals surface area contributed by atoms with E-state index >= 15 is 0 Å². The summed E-state index contributed by atoms with van der Waals surface area (Å²) in [7, 11) is 1.56. The molecule has 2 bridgehead atoms. The number of piperidine rings is 1. The molecule has 11 nitrogen and oxygen atoms in total. The lowest BCUT2D eigenvalue weighted by atomic mass is 9.65. The number of aliphatic hydroxyl groups excluding tert-OH is 1. The minimum Gasteiger partial charge on any atom is -0.508 e. The molecule has 6 unspecified atom stereocenters. The summed E-state index contributed by atoms with van der Waals surface area (Å²) in [5.41, 5.74) is 2.96. The van der Waals surface area contributed by atoms with Gasteiger partial charge in [-0.25, -0.2) is 0 Å². The van der Waals surface area contributed by atoms with E-state index in [9.17, 15) is 19.5 Å². The van der Waals surface area contributed by atoms with Crippen LogP contribution in [0.5, 0.6) is 17.2 Å². The number of aliphatic hydroxyl groups is 1. The van der Waals surface area contributed by atoms with E-state index in [1.54, 1.807) is 7.11 Å². The molecule has 0 saturated carbocycles. The van der Waals surface area contributed by atoms with E-state index in [4.69, 9.17) is 23.7 Å². The van der Waals surface area contributed by atoms with Crippen LogP contribution in [0, 0.1) is 18.8 Å². The summed E-state index contributed by atoms with van der Waals surface area (Å²) in [5, 5.41) is 11.5. The molecule has 0 spiro atoms. The molecule has 7 atom stereocenters. The lowest BCUT2D eigenvalue weighted by molar-refractivity contribution is -0.148. The number of aldehydes is 1. The third kappa shape index (κ3) is 5.11. The van der Waals surface area contributed by atoms with Gasteiger partial charge in [0.05, 0.1) is 18.4 Å². The second-order valence-corrected chi connectivity index (χ2v) is 13.4. The number of benzene rings is 1. The summed E-state index contributed by atoms with van der Waals surface area (Å²) in [6, 6.07) is -0.960. The molecular formula is C33H40N2O9S. The molecule has 242 valence electrons. The lowest BCUT2D eigenvalue weighted by Gasteiger charge is -2.63. The molecular weight excluding hydrogens is 600 g/mol. The zero-order chi connectivity index (χ0) is 32.2. The first kappa shape index (κ1) is 31.5. The maximum absolute atomic E-state index is 12.6. The quantitative estimate of drug-likeness (QED) is 0.180. The molecule has 4 heterocycles. The van der Waals surface area contributed by atoms with Crippen molar-refractivity contribution < 1.29 is 43.2 Å². The Morgan fingerprint density at radius 3 is 2.58 bits per heavy atom. The number of ether oxygens (including phenoxy) is 5. The van der Waals surface area contributed by atoms with Gasteiger partial charge in [0.2, 0.25) is 6.79 Å². The molecule has 1 aromatic rings. The van der Waals surface area contributed by atoms with Crippen molar-refractivity contribution in [2.24, 2.45) is 11.8 Å². The third-order valence-electron chi connectivity index (χ3n) is 9.73. The summed E-state index contributed by atoms with van der Waals surface area (Å²) < 4.78 is 29.4. The molecule has 2 saturated heterocycles. The van der Waals surface area contributed by atoms with Crippen LogP contribution in [-0.2, 0) is 23.9 Å².